The summed E-state index contributed by atoms with van der Waals surface area (Å²) in [5.41, 5.74) is 5.65. The summed E-state index contributed by atoms with van der Waals surface area (Å²) in [6.07, 6.45) is 4.64. The first-order valence-electron chi connectivity index (χ1n) is 11.7. The van der Waals surface area contributed by atoms with Crippen molar-refractivity contribution in [2.45, 2.75) is 30.3 Å². The fraction of sp³-hybridized carbons (Fsp3) is 0.185. The molecule has 1 aliphatic heterocycles. The highest BCUT2D eigenvalue weighted by atomic mass is 35.5. The van der Waals surface area contributed by atoms with Crippen LogP contribution < -0.4 is 5.43 Å². The van der Waals surface area contributed by atoms with Gasteiger partial charge in [0.1, 0.15) is 6.04 Å². The van der Waals surface area contributed by atoms with Crippen LogP contribution in [-0.4, -0.2) is 42.0 Å². The Kier molecular flexibility index (Phi) is 6.91. The Morgan fingerprint density at radius 1 is 1.03 bits per heavy atom. The number of carbonyl (C=O) groups excluding carboxylic acids is 1. The number of fused-ring (bicyclic) bond motifs is 1. The molecule has 7 nitrogen and oxygen atoms in total. The van der Waals surface area contributed by atoms with E-state index in [4.69, 9.17) is 11.6 Å². The normalized spacial score (nSPS) is 16.6. The van der Waals surface area contributed by atoms with Crippen molar-refractivity contribution in [1.29, 1.82) is 0 Å². The molecule has 1 aliphatic rings. The van der Waals surface area contributed by atoms with Crippen LogP contribution in [0.2, 0.25) is 5.02 Å². The third-order valence-electron chi connectivity index (χ3n) is 6.32. The molecule has 1 aromatic heterocycles. The highest BCUT2D eigenvalue weighted by molar-refractivity contribution is 7.89. The lowest BCUT2D eigenvalue weighted by atomic mass is 10.2. The van der Waals surface area contributed by atoms with E-state index in [2.05, 4.69) is 27.2 Å². The van der Waals surface area contributed by atoms with Crippen LogP contribution in [0.3, 0.4) is 0 Å². The topological polar surface area (TPSA) is 83.8 Å². The van der Waals surface area contributed by atoms with E-state index >= 15 is 0 Å². The molecule has 1 amide bonds. The Balaban J connectivity index is 1.32. The predicted molar refractivity (Wildman–Crippen MR) is 142 cm³/mol. The van der Waals surface area contributed by atoms with E-state index in [1.54, 1.807) is 6.21 Å². The number of carbonyl (C=O) groups is 1. The molecular weight excluding hydrogens is 496 g/mol. The van der Waals surface area contributed by atoms with Gasteiger partial charge < -0.3 is 4.57 Å². The molecule has 0 saturated carbocycles. The first-order valence-corrected chi connectivity index (χ1v) is 13.5. The number of para-hydroxylation sites is 1. The Hall–Kier alpha value is -3.46. The number of hydrogen-bond donors (Lipinski definition) is 1. The Labute approximate surface area is 215 Å². The van der Waals surface area contributed by atoms with Crippen molar-refractivity contribution in [2.75, 3.05) is 6.54 Å². The van der Waals surface area contributed by atoms with Gasteiger partial charge in [-0.25, -0.2) is 13.8 Å². The summed E-state index contributed by atoms with van der Waals surface area (Å²) in [7, 11) is -3.82. The maximum atomic E-state index is 13.1. The van der Waals surface area contributed by atoms with Gasteiger partial charge in [0, 0.05) is 40.8 Å². The van der Waals surface area contributed by atoms with Crippen molar-refractivity contribution in [3.63, 3.8) is 0 Å². The number of halogens is 1. The van der Waals surface area contributed by atoms with Crippen LogP contribution in [0, 0.1) is 0 Å². The van der Waals surface area contributed by atoms with Crippen LogP contribution in [-0.2, 0) is 21.4 Å². The lowest BCUT2D eigenvalue weighted by molar-refractivity contribution is -0.124. The summed E-state index contributed by atoms with van der Waals surface area (Å²) in [5.74, 6) is -0.450. The molecular formula is C27H25ClN4O3S. The first-order chi connectivity index (χ1) is 17.4. The first kappa shape index (κ1) is 24.2. The zero-order chi connectivity index (χ0) is 25.1. The van der Waals surface area contributed by atoms with E-state index < -0.39 is 22.0 Å². The minimum atomic E-state index is -3.82. The Morgan fingerprint density at radius 3 is 2.53 bits per heavy atom. The van der Waals surface area contributed by atoms with Crippen molar-refractivity contribution in [3.05, 3.63) is 101 Å². The summed E-state index contributed by atoms with van der Waals surface area (Å²) in [6, 6.07) is 23.3. The molecule has 5 rings (SSSR count). The fourth-order valence-electron chi connectivity index (χ4n) is 4.56. The maximum absolute atomic E-state index is 13.1. The van der Waals surface area contributed by atoms with Crippen LogP contribution in [0.4, 0.5) is 0 Å². The summed E-state index contributed by atoms with van der Waals surface area (Å²) >= 11 is 5.90. The second-order valence-electron chi connectivity index (χ2n) is 8.68. The number of hydrogen-bond acceptors (Lipinski definition) is 4. The Bertz CT molecular complexity index is 1520. The van der Waals surface area contributed by atoms with Crippen molar-refractivity contribution < 1.29 is 13.2 Å². The average Bonchev–Trinajstić information content (AvgIpc) is 3.52. The van der Waals surface area contributed by atoms with Crippen molar-refractivity contribution >= 4 is 44.6 Å². The highest BCUT2D eigenvalue weighted by Crippen LogP contribution is 2.27. The lowest BCUT2D eigenvalue weighted by Crippen LogP contribution is -2.44. The zero-order valence-electron chi connectivity index (χ0n) is 19.4. The van der Waals surface area contributed by atoms with Gasteiger partial charge in [0.15, 0.2) is 0 Å². The summed E-state index contributed by atoms with van der Waals surface area (Å²) < 4.78 is 29.6. The monoisotopic (exact) mass is 520 g/mol. The van der Waals surface area contributed by atoms with Gasteiger partial charge in [-0.1, -0.05) is 60.1 Å². The molecule has 3 aromatic carbocycles. The van der Waals surface area contributed by atoms with Crippen molar-refractivity contribution in [2.24, 2.45) is 5.10 Å². The molecule has 0 aliphatic carbocycles. The molecule has 36 heavy (non-hydrogen) atoms. The summed E-state index contributed by atoms with van der Waals surface area (Å²) in [5, 5.41) is 5.64. The van der Waals surface area contributed by atoms with E-state index in [0.717, 1.165) is 16.5 Å². The number of sulfonamides is 1. The molecule has 184 valence electrons. The van der Waals surface area contributed by atoms with E-state index in [1.807, 2.05) is 48.7 Å². The maximum Gasteiger partial charge on any atom is 0.258 e. The number of benzene rings is 3. The van der Waals surface area contributed by atoms with E-state index in [1.165, 1.54) is 34.1 Å². The average molecular weight is 521 g/mol. The minimum absolute atomic E-state index is 0.112. The van der Waals surface area contributed by atoms with Crippen molar-refractivity contribution in [1.82, 2.24) is 14.3 Å². The molecule has 1 fully saturated rings. The van der Waals surface area contributed by atoms with Gasteiger partial charge in [0.2, 0.25) is 10.0 Å². The van der Waals surface area contributed by atoms with Crippen LogP contribution in [0.5, 0.6) is 0 Å². The number of rotatable bonds is 7. The van der Waals surface area contributed by atoms with E-state index in [-0.39, 0.29) is 11.4 Å². The number of nitrogens with one attached hydrogen (secondary N) is 1. The minimum Gasteiger partial charge on any atom is -0.342 e. The molecule has 2 heterocycles. The van der Waals surface area contributed by atoms with Crippen LogP contribution in [0.25, 0.3) is 10.9 Å². The SMILES string of the molecule is O=C(N/N=C\c1cn(Cc2ccccc2)c2ccccc12)[C@@H]1CCCN1S(=O)(=O)c1ccc(Cl)cc1. The second-order valence-corrected chi connectivity index (χ2v) is 11.0. The molecule has 0 radical (unpaired) electrons. The molecule has 9 heteroatoms. The number of aromatic nitrogens is 1. The van der Waals surface area contributed by atoms with Gasteiger partial charge >= 0.3 is 0 Å². The smallest absolute Gasteiger partial charge is 0.258 e. The van der Waals surface area contributed by atoms with Crippen LogP contribution in [0.1, 0.15) is 24.0 Å². The predicted octanol–water partition coefficient (Wildman–Crippen LogP) is 4.65. The highest BCUT2D eigenvalue weighted by Gasteiger charge is 2.39. The standard InChI is InChI=1S/C27H25ClN4O3S/c28-22-12-14-23(15-13-22)36(34,35)32-16-6-11-26(32)27(33)30-29-17-21-19-31(18-20-7-2-1-3-8-20)25-10-5-4-9-24(21)25/h1-5,7-10,12-15,17,19,26H,6,11,16,18H2,(H,30,33)/b29-17-/t26-/m0/s1. The van der Waals surface area contributed by atoms with Gasteiger partial charge in [-0.3, -0.25) is 4.79 Å². The molecule has 0 spiro atoms. The fourth-order valence-corrected chi connectivity index (χ4v) is 6.34. The zero-order valence-corrected chi connectivity index (χ0v) is 21.0. The molecule has 0 unspecified atom stereocenters. The molecule has 1 N–H and O–H groups in total. The molecule has 1 atom stereocenters. The largest absolute Gasteiger partial charge is 0.342 e. The van der Waals surface area contributed by atoms with Gasteiger partial charge in [-0.05, 0) is 48.7 Å². The quantitative estimate of drug-likeness (QED) is 0.284. The summed E-state index contributed by atoms with van der Waals surface area (Å²) in [4.78, 5) is 13.0. The second kappa shape index (κ2) is 10.3. The molecule has 0 bridgehead atoms. The molecule has 4 aromatic rings. The molecule has 1 saturated heterocycles. The van der Waals surface area contributed by atoms with E-state index in [0.29, 0.717) is 24.4 Å². The van der Waals surface area contributed by atoms with Crippen molar-refractivity contribution in [3.8, 4) is 0 Å². The van der Waals surface area contributed by atoms with Gasteiger partial charge in [0.05, 0.1) is 11.1 Å². The van der Waals surface area contributed by atoms with Gasteiger partial charge in [-0.15, -0.1) is 0 Å². The number of hydrazone groups is 1. The van der Waals surface area contributed by atoms with Gasteiger partial charge in [0.25, 0.3) is 5.91 Å². The van der Waals surface area contributed by atoms with Crippen LogP contribution in [0.15, 0.2) is 95.1 Å². The number of nitrogens with zero attached hydrogens (tertiary/aromatic N) is 3. The van der Waals surface area contributed by atoms with Gasteiger partial charge in [-0.2, -0.15) is 9.41 Å². The lowest BCUT2D eigenvalue weighted by Gasteiger charge is -2.22. The van der Waals surface area contributed by atoms with E-state index in [9.17, 15) is 13.2 Å². The van der Waals surface area contributed by atoms with Crippen LogP contribution >= 0.6 is 11.6 Å². The third-order valence-corrected chi connectivity index (χ3v) is 8.49. The third kappa shape index (κ3) is 4.93. The number of amides is 1. The summed E-state index contributed by atoms with van der Waals surface area (Å²) in [6.45, 7) is 0.987. The Morgan fingerprint density at radius 2 is 1.75 bits per heavy atom.